The van der Waals surface area contributed by atoms with Crippen LogP contribution in [0.2, 0.25) is 0 Å². The third kappa shape index (κ3) is 3.03. The summed E-state index contributed by atoms with van der Waals surface area (Å²) in [7, 11) is 1.59. The maximum atomic E-state index is 9.15. The zero-order valence-corrected chi connectivity index (χ0v) is 12.6. The van der Waals surface area contributed by atoms with E-state index in [-0.39, 0.29) is 0 Å². The van der Waals surface area contributed by atoms with Gasteiger partial charge < -0.3 is 15.8 Å². The highest BCUT2D eigenvalue weighted by Gasteiger charge is 2.06. The van der Waals surface area contributed by atoms with Crippen LogP contribution in [-0.4, -0.2) is 7.11 Å². The second-order valence-electron chi connectivity index (χ2n) is 4.20. The lowest BCUT2D eigenvalue weighted by atomic mass is 10.1. The fourth-order valence-corrected chi connectivity index (χ4v) is 2.33. The van der Waals surface area contributed by atoms with Gasteiger partial charge in [0.2, 0.25) is 0 Å². The molecule has 2 aromatic carbocycles. The smallest absolute Gasteiger partial charge is 0.141 e. The molecule has 0 atom stereocenters. The van der Waals surface area contributed by atoms with Gasteiger partial charge in [-0.1, -0.05) is 12.1 Å². The van der Waals surface area contributed by atoms with Crippen LogP contribution in [-0.2, 0) is 6.54 Å². The number of nitriles is 1. The molecule has 0 aliphatic rings. The van der Waals surface area contributed by atoms with Crippen LogP contribution in [0.25, 0.3) is 0 Å². The minimum absolute atomic E-state index is 0.583. The zero-order chi connectivity index (χ0) is 14.5. The largest absolute Gasteiger partial charge is 0.495 e. The van der Waals surface area contributed by atoms with Crippen molar-refractivity contribution in [3.8, 4) is 11.8 Å². The molecule has 20 heavy (non-hydrogen) atoms. The first kappa shape index (κ1) is 14.2. The summed E-state index contributed by atoms with van der Waals surface area (Å²) < 4.78 is 5.90. The van der Waals surface area contributed by atoms with E-state index < -0.39 is 0 Å². The summed E-state index contributed by atoms with van der Waals surface area (Å²) in [6.07, 6.45) is 0. The predicted octanol–water partition coefficient (Wildman–Crippen LogP) is 3.52. The van der Waals surface area contributed by atoms with E-state index in [1.54, 1.807) is 7.11 Å². The molecule has 0 spiro atoms. The molecule has 0 radical (unpaired) electrons. The first-order valence-corrected chi connectivity index (χ1v) is 6.80. The second-order valence-corrected chi connectivity index (χ2v) is 5.06. The number of anilines is 2. The van der Waals surface area contributed by atoms with Crippen LogP contribution < -0.4 is 15.8 Å². The second kappa shape index (κ2) is 6.31. The number of ether oxygens (including phenoxy) is 1. The van der Waals surface area contributed by atoms with Gasteiger partial charge in [-0.25, -0.2) is 0 Å². The highest BCUT2D eigenvalue weighted by atomic mass is 79.9. The Kier molecular flexibility index (Phi) is 4.49. The molecule has 0 bridgehead atoms. The Hall–Kier alpha value is -2.19. The summed E-state index contributed by atoms with van der Waals surface area (Å²) in [4.78, 5) is 0. The van der Waals surface area contributed by atoms with Crippen molar-refractivity contribution >= 4 is 27.3 Å². The van der Waals surface area contributed by atoms with Crippen molar-refractivity contribution in [2.45, 2.75) is 6.54 Å². The SMILES string of the molecule is COc1ccc(CNc2cccc(Br)c2C#N)cc1N. The lowest BCUT2D eigenvalue weighted by Crippen LogP contribution is -2.03. The molecule has 4 nitrogen and oxygen atoms in total. The van der Waals surface area contributed by atoms with Crippen LogP contribution in [0.5, 0.6) is 5.75 Å². The summed E-state index contributed by atoms with van der Waals surface area (Å²) in [6.45, 7) is 0.583. The summed E-state index contributed by atoms with van der Waals surface area (Å²) in [5, 5.41) is 12.4. The maximum absolute atomic E-state index is 9.15. The number of benzene rings is 2. The summed E-state index contributed by atoms with van der Waals surface area (Å²) >= 11 is 3.36. The maximum Gasteiger partial charge on any atom is 0.141 e. The summed E-state index contributed by atoms with van der Waals surface area (Å²) in [6, 6.07) is 13.4. The molecule has 0 saturated carbocycles. The molecule has 2 rings (SSSR count). The summed E-state index contributed by atoms with van der Waals surface area (Å²) in [5.41, 5.74) is 8.87. The molecule has 0 aromatic heterocycles. The van der Waals surface area contributed by atoms with E-state index in [9.17, 15) is 0 Å². The van der Waals surface area contributed by atoms with Gasteiger partial charge in [0.05, 0.1) is 24.0 Å². The van der Waals surface area contributed by atoms with Crippen LogP contribution >= 0.6 is 15.9 Å². The summed E-state index contributed by atoms with van der Waals surface area (Å²) in [5.74, 6) is 0.661. The fraction of sp³-hybridized carbons (Fsp3) is 0.133. The van der Waals surface area contributed by atoms with Crippen LogP contribution in [0.1, 0.15) is 11.1 Å². The Morgan fingerprint density at radius 2 is 2.15 bits per heavy atom. The molecular formula is C15H14BrN3O. The molecule has 3 N–H and O–H groups in total. The number of nitrogens with zero attached hydrogens (tertiary/aromatic N) is 1. The minimum Gasteiger partial charge on any atom is -0.495 e. The number of methoxy groups -OCH3 is 1. The Morgan fingerprint density at radius 3 is 2.80 bits per heavy atom. The third-order valence-corrected chi connectivity index (χ3v) is 3.56. The van der Waals surface area contributed by atoms with E-state index in [2.05, 4.69) is 27.3 Å². The van der Waals surface area contributed by atoms with Gasteiger partial charge in [0.15, 0.2) is 0 Å². The Labute approximate surface area is 126 Å². The Bertz CT molecular complexity index is 665. The lowest BCUT2D eigenvalue weighted by Gasteiger charge is -2.11. The minimum atomic E-state index is 0.583. The van der Waals surface area contributed by atoms with E-state index >= 15 is 0 Å². The Balaban J connectivity index is 2.15. The van der Waals surface area contributed by atoms with Gasteiger partial charge in [0, 0.05) is 11.0 Å². The number of halogens is 1. The molecule has 102 valence electrons. The van der Waals surface area contributed by atoms with E-state index in [4.69, 9.17) is 15.7 Å². The van der Waals surface area contributed by atoms with E-state index in [1.807, 2.05) is 36.4 Å². The molecule has 0 heterocycles. The van der Waals surface area contributed by atoms with Crippen molar-refractivity contribution in [3.05, 3.63) is 52.0 Å². The topological polar surface area (TPSA) is 71.1 Å². The molecule has 0 unspecified atom stereocenters. The highest BCUT2D eigenvalue weighted by Crippen LogP contribution is 2.25. The number of nitrogens with one attached hydrogen (secondary N) is 1. The van der Waals surface area contributed by atoms with Gasteiger partial charge in [-0.15, -0.1) is 0 Å². The molecule has 0 amide bonds. The first-order chi connectivity index (χ1) is 9.65. The Morgan fingerprint density at radius 1 is 1.35 bits per heavy atom. The monoisotopic (exact) mass is 331 g/mol. The zero-order valence-electron chi connectivity index (χ0n) is 11.0. The molecule has 5 heteroatoms. The normalized spacial score (nSPS) is 9.85. The van der Waals surface area contributed by atoms with E-state index in [0.29, 0.717) is 23.5 Å². The van der Waals surface area contributed by atoms with Crippen LogP contribution in [0.4, 0.5) is 11.4 Å². The number of nitrogens with two attached hydrogens (primary N) is 1. The van der Waals surface area contributed by atoms with Gasteiger partial charge >= 0.3 is 0 Å². The highest BCUT2D eigenvalue weighted by molar-refractivity contribution is 9.10. The fourth-order valence-electron chi connectivity index (χ4n) is 1.88. The van der Waals surface area contributed by atoms with Crippen molar-refractivity contribution in [2.24, 2.45) is 0 Å². The standard InChI is InChI=1S/C15H14BrN3O/c1-20-15-6-5-10(7-13(15)18)9-19-14-4-2-3-12(16)11(14)8-17/h2-7,19H,9,18H2,1H3. The van der Waals surface area contributed by atoms with Crippen molar-refractivity contribution < 1.29 is 4.74 Å². The van der Waals surface area contributed by atoms with Crippen LogP contribution in [0.15, 0.2) is 40.9 Å². The molecule has 0 saturated heterocycles. The molecule has 0 aliphatic heterocycles. The molecular weight excluding hydrogens is 318 g/mol. The van der Waals surface area contributed by atoms with E-state index in [1.165, 1.54) is 0 Å². The predicted molar refractivity (Wildman–Crippen MR) is 83.6 cm³/mol. The quantitative estimate of drug-likeness (QED) is 0.841. The van der Waals surface area contributed by atoms with Crippen LogP contribution in [0.3, 0.4) is 0 Å². The van der Waals surface area contributed by atoms with E-state index in [0.717, 1.165) is 15.7 Å². The molecule has 0 aliphatic carbocycles. The van der Waals surface area contributed by atoms with Crippen molar-refractivity contribution in [3.63, 3.8) is 0 Å². The number of nitrogen functional groups attached to an aromatic ring is 1. The number of hydrogen-bond donors (Lipinski definition) is 2. The van der Waals surface area contributed by atoms with Gasteiger partial charge in [0.1, 0.15) is 11.8 Å². The van der Waals surface area contributed by atoms with Crippen molar-refractivity contribution in [1.82, 2.24) is 0 Å². The van der Waals surface area contributed by atoms with Crippen molar-refractivity contribution in [1.29, 1.82) is 5.26 Å². The van der Waals surface area contributed by atoms with Gasteiger partial charge in [0.25, 0.3) is 0 Å². The lowest BCUT2D eigenvalue weighted by molar-refractivity contribution is 0.417. The average molecular weight is 332 g/mol. The number of hydrogen-bond acceptors (Lipinski definition) is 4. The van der Waals surface area contributed by atoms with Gasteiger partial charge in [-0.3, -0.25) is 0 Å². The molecule has 0 fully saturated rings. The average Bonchev–Trinajstić information content (AvgIpc) is 2.45. The molecule has 2 aromatic rings. The number of rotatable bonds is 4. The first-order valence-electron chi connectivity index (χ1n) is 6.00. The third-order valence-electron chi connectivity index (χ3n) is 2.90. The van der Waals surface area contributed by atoms with Gasteiger partial charge in [-0.2, -0.15) is 5.26 Å². The van der Waals surface area contributed by atoms with Gasteiger partial charge in [-0.05, 0) is 45.8 Å². The van der Waals surface area contributed by atoms with Crippen molar-refractivity contribution in [2.75, 3.05) is 18.2 Å². The van der Waals surface area contributed by atoms with Crippen LogP contribution in [0, 0.1) is 11.3 Å².